The lowest BCUT2D eigenvalue weighted by atomic mass is 10.1. The van der Waals surface area contributed by atoms with Crippen molar-refractivity contribution in [2.45, 2.75) is 13.5 Å². The van der Waals surface area contributed by atoms with E-state index in [1.807, 2.05) is 43.3 Å². The number of furan rings is 1. The maximum atomic E-state index is 11.4. The lowest BCUT2D eigenvalue weighted by molar-refractivity contribution is 0.0995. The number of nitriles is 1. The Morgan fingerprint density at radius 2 is 2.00 bits per heavy atom. The van der Waals surface area contributed by atoms with Crippen molar-refractivity contribution in [3.05, 3.63) is 77.1 Å². The van der Waals surface area contributed by atoms with Crippen LogP contribution in [0.1, 0.15) is 27.3 Å². The molecule has 6 heteroatoms. The van der Waals surface area contributed by atoms with Crippen molar-refractivity contribution in [3.8, 4) is 17.4 Å². The Labute approximate surface area is 155 Å². The summed E-state index contributed by atoms with van der Waals surface area (Å²) in [6, 6.07) is 19.1. The first-order chi connectivity index (χ1) is 13.0. The Hall–Kier alpha value is -3.85. The molecule has 27 heavy (non-hydrogen) atoms. The van der Waals surface area contributed by atoms with Crippen LogP contribution in [-0.2, 0) is 6.54 Å². The molecule has 1 amide bonds. The minimum absolute atomic E-state index is 0.213. The highest BCUT2D eigenvalue weighted by molar-refractivity contribution is 5.91. The van der Waals surface area contributed by atoms with Gasteiger partial charge in [0.2, 0.25) is 0 Å². The van der Waals surface area contributed by atoms with Crippen LogP contribution in [0.25, 0.3) is 22.3 Å². The van der Waals surface area contributed by atoms with Crippen LogP contribution < -0.4 is 5.73 Å². The number of nitrogens with two attached hydrogens (primary N) is 1. The molecule has 2 N–H and O–H groups in total. The van der Waals surface area contributed by atoms with Crippen LogP contribution in [0.15, 0.2) is 59.0 Å². The van der Waals surface area contributed by atoms with Gasteiger partial charge >= 0.3 is 0 Å². The van der Waals surface area contributed by atoms with E-state index in [-0.39, 0.29) is 5.69 Å². The number of hydrogen-bond acceptors (Lipinski definition) is 4. The fraction of sp³-hybridized carbons (Fsp3) is 0.0952. The highest BCUT2D eigenvalue weighted by Crippen LogP contribution is 2.31. The number of nitrogens with zero attached hydrogens (tertiary/aromatic N) is 3. The molecule has 0 unspecified atom stereocenters. The van der Waals surface area contributed by atoms with E-state index < -0.39 is 5.91 Å². The second-order valence-corrected chi connectivity index (χ2v) is 6.34. The van der Waals surface area contributed by atoms with Crippen LogP contribution in [0.4, 0.5) is 0 Å². The number of aromatic nitrogens is 2. The van der Waals surface area contributed by atoms with Crippen LogP contribution in [-0.4, -0.2) is 15.7 Å². The Bertz CT molecular complexity index is 1200. The number of carbonyl (C=O) groups excluding carboxylic acids is 1. The third-order valence-corrected chi connectivity index (χ3v) is 4.43. The first-order valence-corrected chi connectivity index (χ1v) is 8.41. The topological polar surface area (TPSA) is 97.8 Å². The summed E-state index contributed by atoms with van der Waals surface area (Å²) in [5.41, 5.74) is 9.34. The number of fused-ring (bicyclic) bond motifs is 1. The lowest BCUT2D eigenvalue weighted by Gasteiger charge is -2.06. The molecule has 0 saturated heterocycles. The number of carbonyl (C=O) groups is 1. The van der Waals surface area contributed by atoms with Crippen LogP contribution in [0, 0.1) is 18.3 Å². The SMILES string of the molecule is Cc1cc(C(N)=O)nn1Cc1cc(C#N)cc2cc(-c3ccccc3)oc12. The van der Waals surface area contributed by atoms with E-state index in [2.05, 4.69) is 11.2 Å². The number of aryl methyl sites for hydroxylation is 1. The molecule has 0 fully saturated rings. The van der Waals surface area contributed by atoms with E-state index in [4.69, 9.17) is 10.2 Å². The van der Waals surface area contributed by atoms with Gasteiger partial charge in [-0.2, -0.15) is 10.4 Å². The van der Waals surface area contributed by atoms with Crippen LogP contribution >= 0.6 is 0 Å². The molecule has 0 bridgehead atoms. The summed E-state index contributed by atoms with van der Waals surface area (Å²) < 4.78 is 7.79. The zero-order chi connectivity index (χ0) is 19.0. The van der Waals surface area contributed by atoms with Gasteiger partial charge in [-0.15, -0.1) is 0 Å². The molecule has 2 heterocycles. The van der Waals surface area contributed by atoms with Gasteiger partial charge in [-0.3, -0.25) is 9.48 Å². The van der Waals surface area contributed by atoms with Gasteiger partial charge < -0.3 is 10.2 Å². The molecule has 0 aliphatic rings. The summed E-state index contributed by atoms with van der Waals surface area (Å²) in [6.45, 7) is 2.22. The molecule has 4 aromatic rings. The molecular formula is C21H16N4O2. The van der Waals surface area contributed by atoms with Gasteiger partial charge in [0.1, 0.15) is 17.0 Å². The van der Waals surface area contributed by atoms with Gasteiger partial charge in [0.25, 0.3) is 5.91 Å². The van der Waals surface area contributed by atoms with Crippen LogP contribution in [0.3, 0.4) is 0 Å². The van der Waals surface area contributed by atoms with Crippen molar-refractivity contribution in [2.24, 2.45) is 5.73 Å². The molecule has 0 aliphatic carbocycles. The number of amides is 1. The molecule has 0 aliphatic heterocycles. The fourth-order valence-corrected chi connectivity index (χ4v) is 3.10. The van der Waals surface area contributed by atoms with E-state index in [1.54, 1.807) is 22.9 Å². The van der Waals surface area contributed by atoms with Gasteiger partial charge in [0.05, 0.1) is 18.2 Å². The van der Waals surface area contributed by atoms with Gasteiger partial charge in [-0.1, -0.05) is 30.3 Å². The predicted octanol–water partition coefficient (Wildman–Crippen LogP) is 3.62. The maximum Gasteiger partial charge on any atom is 0.269 e. The summed E-state index contributed by atoms with van der Waals surface area (Å²) in [7, 11) is 0. The minimum Gasteiger partial charge on any atom is -0.456 e. The maximum absolute atomic E-state index is 11.4. The quantitative estimate of drug-likeness (QED) is 0.604. The average Bonchev–Trinajstić information content (AvgIpc) is 3.26. The summed E-state index contributed by atoms with van der Waals surface area (Å²) in [4.78, 5) is 11.4. The van der Waals surface area contributed by atoms with E-state index >= 15 is 0 Å². The van der Waals surface area contributed by atoms with Crippen LogP contribution in [0.2, 0.25) is 0 Å². The smallest absolute Gasteiger partial charge is 0.269 e. The van der Waals surface area contributed by atoms with Crippen molar-refractivity contribution in [2.75, 3.05) is 0 Å². The number of benzene rings is 2. The molecule has 0 atom stereocenters. The number of rotatable bonds is 4. The Balaban J connectivity index is 1.83. The Kier molecular flexibility index (Phi) is 3.98. The molecule has 6 nitrogen and oxygen atoms in total. The fourth-order valence-electron chi connectivity index (χ4n) is 3.10. The third kappa shape index (κ3) is 3.07. The molecule has 4 rings (SSSR count). The summed E-state index contributed by atoms with van der Waals surface area (Å²) in [5.74, 6) is 0.161. The van der Waals surface area contributed by atoms with Gasteiger partial charge in [-0.25, -0.2) is 0 Å². The summed E-state index contributed by atoms with van der Waals surface area (Å²) in [6.07, 6.45) is 0. The Morgan fingerprint density at radius 1 is 1.22 bits per heavy atom. The summed E-state index contributed by atoms with van der Waals surface area (Å²) in [5, 5.41) is 14.5. The largest absolute Gasteiger partial charge is 0.456 e. The standard InChI is InChI=1S/C21H16N4O2/c1-13-7-18(21(23)26)24-25(13)12-17-9-14(11-22)8-16-10-19(27-20(16)17)15-5-3-2-4-6-15/h2-10H,12H2,1H3,(H2,23,26). The zero-order valence-electron chi connectivity index (χ0n) is 14.6. The second-order valence-electron chi connectivity index (χ2n) is 6.34. The van der Waals surface area contributed by atoms with E-state index in [0.29, 0.717) is 17.7 Å². The minimum atomic E-state index is -0.572. The monoisotopic (exact) mass is 356 g/mol. The highest BCUT2D eigenvalue weighted by atomic mass is 16.3. The van der Waals surface area contributed by atoms with E-state index in [1.165, 1.54) is 0 Å². The number of primary amides is 1. The lowest BCUT2D eigenvalue weighted by Crippen LogP contribution is -2.13. The van der Waals surface area contributed by atoms with Crippen molar-refractivity contribution < 1.29 is 9.21 Å². The zero-order valence-corrected chi connectivity index (χ0v) is 14.6. The molecule has 2 aromatic carbocycles. The van der Waals surface area contributed by atoms with Gasteiger partial charge in [0.15, 0.2) is 0 Å². The second kappa shape index (κ2) is 6.46. The molecular weight excluding hydrogens is 340 g/mol. The average molecular weight is 356 g/mol. The molecule has 0 spiro atoms. The predicted molar refractivity (Wildman–Crippen MR) is 101 cm³/mol. The number of hydrogen-bond donors (Lipinski definition) is 1. The van der Waals surface area contributed by atoms with Crippen molar-refractivity contribution >= 4 is 16.9 Å². The van der Waals surface area contributed by atoms with E-state index in [0.717, 1.165) is 28.0 Å². The molecule has 0 saturated carbocycles. The van der Waals surface area contributed by atoms with E-state index in [9.17, 15) is 10.1 Å². The summed E-state index contributed by atoms with van der Waals surface area (Å²) >= 11 is 0. The highest BCUT2D eigenvalue weighted by Gasteiger charge is 2.15. The third-order valence-electron chi connectivity index (χ3n) is 4.43. The van der Waals surface area contributed by atoms with Gasteiger partial charge in [-0.05, 0) is 31.2 Å². The van der Waals surface area contributed by atoms with Crippen molar-refractivity contribution in [1.29, 1.82) is 5.26 Å². The molecule has 2 aromatic heterocycles. The molecule has 0 radical (unpaired) electrons. The van der Waals surface area contributed by atoms with Gasteiger partial charge in [0, 0.05) is 22.2 Å². The van der Waals surface area contributed by atoms with Crippen LogP contribution in [0.5, 0.6) is 0 Å². The normalized spacial score (nSPS) is 10.8. The molecule has 132 valence electrons. The Morgan fingerprint density at radius 3 is 2.67 bits per heavy atom. The van der Waals surface area contributed by atoms with Crippen molar-refractivity contribution in [1.82, 2.24) is 9.78 Å². The first-order valence-electron chi connectivity index (χ1n) is 8.41. The first kappa shape index (κ1) is 16.6. The van der Waals surface area contributed by atoms with Crippen molar-refractivity contribution in [3.63, 3.8) is 0 Å².